The van der Waals surface area contributed by atoms with Crippen molar-refractivity contribution in [2.75, 3.05) is 17.2 Å². The first kappa shape index (κ1) is 16.0. The van der Waals surface area contributed by atoms with Crippen LogP contribution in [0.15, 0.2) is 22.7 Å². The Balaban J connectivity index is 2.29. The number of nitrogens with one attached hydrogen (secondary N) is 2. The minimum absolute atomic E-state index is 0.279. The molecule has 4 nitrogen and oxygen atoms in total. The average Bonchev–Trinajstić information content (AvgIpc) is 2.40. The van der Waals surface area contributed by atoms with Gasteiger partial charge in [-0.1, -0.05) is 18.5 Å². The molecule has 1 heterocycles. The molecule has 0 unspecified atom stereocenters. The van der Waals surface area contributed by atoms with Crippen LogP contribution in [0.5, 0.6) is 0 Å². The molecule has 112 valence electrons. The van der Waals surface area contributed by atoms with Crippen molar-refractivity contribution in [1.82, 2.24) is 9.97 Å². The molecule has 2 rings (SSSR count). The number of aromatic nitrogens is 2. The Hall–Kier alpha value is -1.40. The highest BCUT2D eigenvalue weighted by Gasteiger charge is 2.10. The molecule has 1 aromatic carbocycles. The van der Waals surface area contributed by atoms with Gasteiger partial charge >= 0.3 is 0 Å². The molecule has 0 atom stereocenters. The fourth-order valence-electron chi connectivity index (χ4n) is 1.74. The number of aryl methyl sites for hydroxylation is 1. The van der Waals surface area contributed by atoms with Crippen LogP contribution in [0.4, 0.5) is 21.8 Å². The average molecular weight is 374 g/mol. The van der Waals surface area contributed by atoms with E-state index in [0.717, 1.165) is 18.7 Å². The van der Waals surface area contributed by atoms with E-state index < -0.39 is 5.82 Å². The fraction of sp³-hybridized carbons (Fsp3) is 0.286. The Bertz CT molecular complexity index is 628. The van der Waals surface area contributed by atoms with Gasteiger partial charge in [0, 0.05) is 22.8 Å². The van der Waals surface area contributed by atoms with Crippen molar-refractivity contribution in [1.29, 1.82) is 0 Å². The Morgan fingerprint density at radius 2 is 2.05 bits per heavy atom. The Morgan fingerprint density at radius 1 is 1.29 bits per heavy atom. The largest absolute Gasteiger partial charge is 0.354 e. The van der Waals surface area contributed by atoms with Crippen LogP contribution in [-0.4, -0.2) is 16.5 Å². The van der Waals surface area contributed by atoms with Crippen molar-refractivity contribution < 1.29 is 4.39 Å². The highest BCUT2D eigenvalue weighted by molar-refractivity contribution is 9.10. The predicted molar refractivity (Wildman–Crippen MR) is 87.9 cm³/mol. The molecule has 0 aliphatic rings. The van der Waals surface area contributed by atoms with Crippen molar-refractivity contribution in [3.63, 3.8) is 0 Å². The lowest BCUT2D eigenvalue weighted by Crippen LogP contribution is -2.07. The van der Waals surface area contributed by atoms with Gasteiger partial charge in [0.15, 0.2) is 0 Å². The molecule has 0 bridgehead atoms. The van der Waals surface area contributed by atoms with Crippen molar-refractivity contribution in [3.8, 4) is 0 Å². The quantitative estimate of drug-likeness (QED) is 0.782. The molecule has 0 saturated carbocycles. The molecule has 0 spiro atoms. The molecule has 0 fully saturated rings. The Morgan fingerprint density at radius 3 is 2.71 bits per heavy atom. The van der Waals surface area contributed by atoms with E-state index in [2.05, 4.69) is 43.5 Å². The first-order valence-electron chi connectivity index (χ1n) is 6.50. The molecule has 0 aliphatic heterocycles. The van der Waals surface area contributed by atoms with Gasteiger partial charge in [-0.25, -0.2) is 9.37 Å². The van der Waals surface area contributed by atoms with Crippen LogP contribution in [0.3, 0.4) is 0 Å². The van der Waals surface area contributed by atoms with E-state index in [-0.39, 0.29) is 5.02 Å². The van der Waals surface area contributed by atoms with Gasteiger partial charge in [0.2, 0.25) is 5.95 Å². The maximum Gasteiger partial charge on any atom is 0.224 e. The number of nitrogens with zero attached hydrogens (tertiary/aromatic N) is 2. The SMILES string of the molecule is CCCNc1nc(C)cc(Nc2c(Cl)cc(F)cc2Br)n1. The van der Waals surface area contributed by atoms with E-state index in [4.69, 9.17) is 11.6 Å². The summed E-state index contributed by atoms with van der Waals surface area (Å²) in [5, 5.41) is 6.50. The first-order chi connectivity index (χ1) is 9.99. The van der Waals surface area contributed by atoms with Crippen molar-refractivity contribution in [2.45, 2.75) is 20.3 Å². The minimum Gasteiger partial charge on any atom is -0.354 e. The molecule has 7 heteroatoms. The first-order valence-corrected chi connectivity index (χ1v) is 7.68. The molecule has 21 heavy (non-hydrogen) atoms. The van der Waals surface area contributed by atoms with Gasteiger partial charge < -0.3 is 10.6 Å². The third kappa shape index (κ3) is 4.28. The number of rotatable bonds is 5. The summed E-state index contributed by atoms with van der Waals surface area (Å²) in [5.74, 6) is 0.741. The fourth-order valence-corrected chi connectivity index (χ4v) is 2.64. The van der Waals surface area contributed by atoms with E-state index in [0.29, 0.717) is 21.9 Å². The molecule has 0 aliphatic carbocycles. The third-order valence-electron chi connectivity index (χ3n) is 2.65. The number of halogens is 3. The van der Waals surface area contributed by atoms with Gasteiger partial charge in [0.25, 0.3) is 0 Å². The van der Waals surface area contributed by atoms with Crippen molar-refractivity contribution in [3.05, 3.63) is 39.2 Å². The molecule has 0 radical (unpaired) electrons. The molecular weight excluding hydrogens is 359 g/mol. The number of benzene rings is 1. The van der Waals surface area contributed by atoms with Gasteiger partial charge in [-0.05, 0) is 41.4 Å². The third-order valence-corrected chi connectivity index (χ3v) is 3.57. The zero-order chi connectivity index (χ0) is 15.4. The standard InChI is InChI=1S/C14H15BrClFN4/c1-3-4-18-14-19-8(2)5-12(21-14)20-13-10(15)6-9(17)7-11(13)16/h5-7H,3-4H2,1-2H3,(H2,18,19,20,21). The van der Waals surface area contributed by atoms with Gasteiger partial charge in [0.05, 0.1) is 10.7 Å². The van der Waals surface area contributed by atoms with Crippen LogP contribution in [0, 0.1) is 12.7 Å². The molecular formula is C14H15BrClFN4. The number of anilines is 3. The molecule has 0 saturated heterocycles. The van der Waals surface area contributed by atoms with Crippen molar-refractivity contribution in [2.24, 2.45) is 0 Å². The lowest BCUT2D eigenvalue weighted by atomic mass is 10.3. The van der Waals surface area contributed by atoms with Crippen LogP contribution in [0.2, 0.25) is 5.02 Å². The second kappa shape index (κ2) is 7.04. The summed E-state index contributed by atoms with van der Waals surface area (Å²) in [6.45, 7) is 4.74. The lowest BCUT2D eigenvalue weighted by molar-refractivity contribution is 0.627. The van der Waals surface area contributed by atoms with Crippen LogP contribution >= 0.6 is 27.5 Å². The van der Waals surface area contributed by atoms with Crippen LogP contribution in [0.25, 0.3) is 0 Å². The predicted octanol–water partition coefficient (Wildman–Crippen LogP) is 4.91. The topological polar surface area (TPSA) is 49.8 Å². The summed E-state index contributed by atoms with van der Waals surface area (Å²) in [7, 11) is 0. The summed E-state index contributed by atoms with van der Waals surface area (Å²) in [6.07, 6.45) is 0.982. The maximum absolute atomic E-state index is 13.2. The van der Waals surface area contributed by atoms with Gasteiger partial charge in [0.1, 0.15) is 11.6 Å². The zero-order valence-corrected chi connectivity index (χ0v) is 14.0. The van der Waals surface area contributed by atoms with E-state index in [1.165, 1.54) is 12.1 Å². The van der Waals surface area contributed by atoms with Crippen LogP contribution in [0.1, 0.15) is 19.0 Å². The second-order valence-electron chi connectivity index (χ2n) is 4.51. The highest BCUT2D eigenvalue weighted by atomic mass is 79.9. The monoisotopic (exact) mass is 372 g/mol. The molecule has 2 N–H and O–H groups in total. The zero-order valence-electron chi connectivity index (χ0n) is 11.7. The second-order valence-corrected chi connectivity index (χ2v) is 5.78. The normalized spacial score (nSPS) is 10.5. The number of hydrogen-bond donors (Lipinski definition) is 2. The van der Waals surface area contributed by atoms with Gasteiger partial charge in [-0.3, -0.25) is 0 Å². The van der Waals surface area contributed by atoms with E-state index in [1.54, 1.807) is 6.07 Å². The Kier molecular flexibility index (Phi) is 5.36. The summed E-state index contributed by atoms with van der Waals surface area (Å²) in [6, 6.07) is 4.39. The summed E-state index contributed by atoms with van der Waals surface area (Å²) >= 11 is 9.34. The highest BCUT2D eigenvalue weighted by Crippen LogP contribution is 2.33. The Labute approximate surface area is 136 Å². The minimum atomic E-state index is -0.401. The summed E-state index contributed by atoms with van der Waals surface area (Å²) in [4.78, 5) is 8.67. The summed E-state index contributed by atoms with van der Waals surface area (Å²) in [5.41, 5.74) is 1.39. The summed E-state index contributed by atoms with van der Waals surface area (Å²) < 4.78 is 13.8. The van der Waals surface area contributed by atoms with Crippen molar-refractivity contribution >= 4 is 45.0 Å². The smallest absolute Gasteiger partial charge is 0.224 e. The maximum atomic E-state index is 13.2. The van der Waals surface area contributed by atoms with E-state index in [1.807, 2.05) is 6.92 Å². The van der Waals surface area contributed by atoms with E-state index in [9.17, 15) is 4.39 Å². The van der Waals surface area contributed by atoms with E-state index >= 15 is 0 Å². The molecule has 1 aromatic heterocycles. The van der Waals surface area contributed by atoms with Gasteiger partial charge in [-0.15, -0.1) is 0 Å². The molecule has 2 aromatic rings. The molecule has 0 amide bonds. The van der Waals surface area contributed by atoms with Gasteiger partial charge in [-0.2, -0.15) is 4.98 Å². The van der Waals surface area contributed by atoms with Crippen LogP contribution in [-0.2, 0) is 0 Å². The lowest BCUT2D eigenvalue weighted by Gasteiger charge is -2.12. The number of hydrogen-bond acceptors (Lipinski definition) is 4. The van der Waals surface area contributed by atoms with Crippen LogP contribution < -0.4 is 10.6 Å².